The fraction of sp³-hybridized carbons (Fsp3) is 0.735. The summed E-state index contributed by atoms with van der Waals surface area (Å²) in [5.41, 5.74) is -5.92. The Kier molecular flexibility index (Phi) is 19.1. The number of cyclic esters (lactones) is 1. The molecule has 0 unspecified atom stereocenters. The second-order valence-electron chi connectivity index (χ2n) is 20.4. The first-order chi connectivity index (χ1) is 32.0. The van der Waals surface area contributed by atoms with Gasteiger partial charge in [0, 0.05) is 54.8 Å². The van der Waals surface area contributed by atoms with Crippen LogP contribution < -0.4 is 10.6 Å². The fourth-order valence-electron chi connectivity index (χ4n) is 10.4. The zero-order valence-corrected chi connectivity index (χ0v) is 44.3. The van der Waals surface area contributed by atoms with Gasteiger partial charge in [0.05, 0.1) is 46.9 Å². The lowest BCUT2D eigenvalue weighted by atomic mass is 9.75. The van der Waals surface area contributed by atoms with Gasteiger partial charge in [-0.25, -0.2) is 8.42 Å². The minimum absolute atomic E-state index is 0.00334. The molecule has 0 saturated carbocycles. The monoisotopic (exact) mass is 1030 g/mol. The highest BCUT2D eigenvalue weighted by atomic mass is 35.5. The number of aliphatic hydroxyl groups is 5. The minimum Gasteiger partial charge on any atom is -0.459 e. The van der Waals surface area contributed by atoms with Gasteiger partial charge in [0.15, 0.2) is 12.6 Å². The van der Waals surface area contributed by atoms with Crippen LogP contribution in [0.15, 0.2) is 53.4 Å². The Hall–Kier alpha value is -2.24. The van der Waals surface area contributed by atoms with E-state index in [1.165, 1.54) is 45.3 Å². The van der Waals surface area contributed by atoms with Crippen molar-refractivity contribution in [1.29, 1.82) is 0 Å². The molecular formula is C49H77Cl2N3O14S. The van der Waals surface area contributed by atoms with Crippen molar-refractivity contribution in [3.05, 3.63) is 58.6 Å². The van der Waals surface area contributed by atoms with Crippen molar-refractivity contribution in [1.82, 2.24) is 9.62 Å². The van der Waals surface area contributed by atoms with E-state index in [1.807, 2.05) is 6.92 Å². The molecule has 3 fully saturated rings. The van der Waals surface area contributed by atoms with E-state index >= 15 is 0 Å². The molecule has 2 aromatic rings. The number of sulfonamides is 1. The van der Waals surface area contributed by atoms with E-state index < -0.39 is 118 Å². The van der Waals surface area contributed by atoms with Crippen molar-refractivity contribution in [2.24, 2.45) is 17.8 Å². The molecule has 3 heterocycles. The number of hydrogen-bond donors (Lipinski definition) is 7. The number of anilines is 1. The number of hydrogen-bond acceptors (Lipinski definition) is 16. The van der Waals surface area contributed by atoms with E-state index in [-0.39, 0.29) is 49.6 Å². The molecule has 5 rings (SSSR count). The summed E-state index contributed by atoms with van der Waals surface area (Å²) in [5, 5.41) is 68.0. The highest BCUT2D eigenvalue weighted by Gasteiger charge is 2.59. The zero-order valence-electron chi connectivity index (χ0n) is 42.0. The molecule has 7 N–H and O–H groups in total. The van der Waals surface area contributed by atoms with Gasteiger partial charge in [-0.3, -0.25) is 4.79 Å². The molecule has 0 radical (unpaired) electrons. The van der Waals surface area contributed by atoms with Crippen LogP contribution in [-0.2, 0) is 43.2 Å². The van der Waals surface area contributed by atoms with Crippen LogP contribution in [0.1, 0.15) is 94.9 Å². The van der Waals surface area contributed by atoms with Gasteiger partial charge >= 0.3 is 5.97 Å². The van der Waals surface area contributed by atoms with Crippen LogP contribution in [0.25, 0.3) is 0 Å². The Morgan fingerprint density at radius 1 is 0.899 bits per heavy atom. The van der Waals surface area contributed by atoms with Crippen LogP contribution in [0.4, 0.5) is 5.69 Å². The first-order valence-corrected chi connectivity index (χ1v) is 26.1. The van der Waals surface area contributed by atoms with E-state index in [1.54, 1.807) is 79.7 Å². The third kappa shape index (κ3) is 12.8. The summed E-state index contributed by atoms with van der Waals surface area (Å²) in [6.07, 6.45) is -10.6. The lowest BCUT2D eigenvalue weighted by Gasteiger charge is -2.53. The maximum Gasteiger partial charge on any atom is 0.311 e. The lowest BCUT2D eigenvalue weighted by molar-refractivity contribution is -0.334. The number of methoxy groups -OCH3 is 1. The quantitative estimate of drug-likeness (QED) is 0.137. The van der Waals surface area contributed by atoms with Crippen LogP contribution in [0, 0.1) is 17.8 Å². The predicted molar refractivity (Wildman–Crippen MR) is 261 cm³/mol. The molecule has 0 bridgehead atoms. The Morgan fingerprint density at radius 3 is 2.07 bits per heavy atom. The first-order valence-electron chi connectivity index (χ1n) is 23.9. The topological polar surface area (TPSA) is 235 Å². The molecule has 18 atom stereocenters. The van der Waals surface area contributed by atoms with Gasteiger partial charge < -0.3 is 64.6 Å². The molecule has 3 aliphatic rings. The van der Waals surface area contributed by atoms with E-state index in [0.717, 1.165) is 4.31 Å². The van der Waals surface area contributed by atoms with Crippen LogP contribution in [-0.4, -0.2) is 161 Å². The highest BCUT2D eigenvalue weighted by molar-refractivity contribution is 7.89. The number of benzene rings is 2. The molecule has 0 amide bonds. The van der Waals surface area contributed by atoms with Gasteiger partial charge in [0.1, 0.15) is 35.1 Å². The second-order valence-corrected chi connectivity index (χ2v) is 23.3. The Bertz CT molecular complexity index is 2110. The fourth-order valence-corrected chi connectivity index (χ4v) is 12.0. The summed E-state index contributed by atoms with van der Waals surface area (Å²) in [7, 11) is -1.32. The first kappa shape index (κ1) is 57.7. The number of nitrogens with one attached hydrogen (secondary N) is 2. The average molecular weight is 1040 g/mol. The number of nitrogens with zero attached hydrogens (tertiary/aromatic N) is 1. The molecule has 0 spiro atoms. The minimum atomic E-state index is -4.16. The summed E-state index contributed by atoms with van der Waals surface area (Å²) in [5.74, 6) is -3.25. The summed E-state index contributed by atoms with van der Waals surface area (Å²) >= 11 is 12.2. The standard InChI is InChI=1S/C49H77Cl2N3O14S/c1-13-38-48(10,59)42(56)31(6)52-25-27(2)23-46(8,58)43(68-45-40(55)37(22-28(3)64-45)54(11)69(61,62)36-20-16-34(51)17-21-36)29(4)41(30(5)44(57)66-38)67-39-24-47(9,63-12)49(60,32(7)65-39)26-53-35-18-14-33(50)15-19-35/h14-21,27-32,37-43,45,52-53,55-56,58-60H,13,22-26H2,1-12H3/t27-,28-,29+,30-,31-,32+,37+,38-,39+,40-,41+,42-,43-,45+,46-,47-,48-,49+/m1/s1. The Balaban J connectivity index is 1.56. The number of ether oxygens (including phenoxy) is 6. The number of rotatable bonds is 12. The van der Waals surface area contributed by atoms with Gasteiger partial charge in [-0.05, 0) is 129 Å². The van der Waals surface area contributed by atoms with Gasteiger partial charge in [0.25, 0.3) is 0 Å². The van der Waals surface area contributed by atoms with Crippen LogP contribution in [0.3, 0.4) is 0 Å². The van der Waals surface area contributed by atoms with Crippen molar-refractivity contribution < 1.29 is 67.2 Å². The molecule has 3 aliphatic heterocycles. The van der Waals surface area contributed by atoms with Crippen molar-refractivity contribution >= 4 is 44.9 Å². The van der Waals surface area contributed by atoms with Crippen molar-refractivity contribution in [2.75, 3.05) is 32.6 Å². The Morgan fingerprint density at radius 2 is 1.49 bits per heavy atom. The Labute approximate surface area is 418 Å². The highest BCUT2D eigenvalue weighted by Crippen LogP contribution is 2.44. The third-order valence-electron chi connectivity index (χ3n) is 14.9. The number of carbonyl (C=O) groups excluding carboxylic acids is 1. The number of esters is 1. The normalized spacial score (nSPS) is 41.2. The van der Waals surface area contributed by atoms with E-state index in [0.29, 0.717) is 15.7 Å². The summed E-state index contributed by atoms with van der Waals surface area (Å²) < 4.78 is 67.6. The van der Waals surface area contributed by atoms with Gasteiger partial charge in [-0.15, -0.1) is 0 Å². The molecule has 0 aliphatic carbocycles. The predicted octanol–water partition coefficient (Wildman–Crippen LogP) is 5.11. The smallest absolute Gasteiger partial charge is 0.311 e. The molecule has 69 heavy (non-hydrogen) atoms. The van der Waals surface area contributed by atoms with E-state index in [2.05, 4.69) is 10.6 Å². The lowest BCUT2D eigenvalue weighted by Crippen LogP contribution is -2.69. The molecule has 3 saturated heterocycles. The van der Waals surface area contributed by atoms with Gasteiger partial charge in [-0.1, -0.05) is 44.0 Å². The van der Waals surface area contributed by atoms with Crippen molar-refractivity contribution in [2.45, 2.75) is 190 Å². The number of likely N-dealkylation sites (N-methyl/N-ethyl adjacent to an activating group) is 1. The summed E-state index contributed by atoms with van der Waals surface area (Å²) in [6.45, 7) is 17.0. The van der Waals surface area contributed by atoms with Crippen LogP contribution in [0.5, 0.6) is 0 Å². The molecule has 17 nitrogen and oxygen atoms in total. The average Bonchev–Trinajstić information content (AvgIpc) is 3.29. The number of halogens is 2. The maximum absolute atomic E-state index is 14.6. The molecule has 0 aromatic heterocycles. The second kappa shape index (κ2) is 22.9. The largest absolute Gasteiger partial charge is 0.459 e. The zero-order chi connectivity index (χ0) is 51.6. The van der Waals surface area contributed by atoms with Crippen LogP contribution in [0.2, 0.25) is 10.0 Å². The molecule has 392 valence electrons. The SMILES string of the molecule is CC[C@H]1OC(=O)[C@H](C)[C@@H](O[C@H]2C[C@@](C)(OC)[C@](O)(CNc3ccc(Cl)cc3)[C@H](C)O2)[C@H](C)[C@@H](O[C@@H]2O[C@H](C)C[C@H](N(C)S(=O)(=O)c3ccc(Cl)cc3)[C@H]2O)[C@](C)(O)C[C@@H](C)CN[C@H](C)[C@@H](O)[C@]1(C)O. The van der Waals surface area contributed by atoms with E-state index in [4.69, 9.17) is 51.6 Å². The number of aliphatic hydroxyl groups excluding tert-OH is 2. The van der Waals surface area contributed by atoms with Crippen LogP contribution >= 0.6 is 23.2 Å². The van der Waals surface area contributed by atoms with Crippen molar-refractivity contribution in [3.8, 4) is 0 Å². The van der Waals surface area contributed by atoms with Gasteiger partial charge in [0.2, 0.25) is 10.0 Å². The molecule has 2 aromatic carbocycles. The molecular weight excluding hydrogens is 958 g/mol. The third-order valence-corrected chi connectivity index (χ3v) is 17.3. The van der Waals surface area contributed by atoms with Gasteiger partial charge in [-0.2, -0.15) is 4.31 Å². The molecule has 20 heteroatoms. The van der Waals surface area contributed by atoms with E-state index in [9.17, 15) is 38.7 Å². The maximum atomic E-state index is 14.6. The summed E-state index contributed by atoms with van der Waals surface area (Å²) in [4.78, 5) is 14.5. The number of carbonyl (C=O) groups is 1. The summed E-state index contributed by atoms with van der Waals surface area (Å²) in [6, 6.07) is 11.0. The van der Waals surface area contributed by atoms with Crippen molar-refractivity contribution in [3.63, 3.8) is 0 Å².